The molecular weight excluding hydrogens is 124 g/mol. The molecule has 0 heterocycles. The summed E-state index contributed by atoms with van der Waals surface area (Å²) in [6.45, 7) is 10.7. The molecule has 0 bridgehead atoms. The minimum Gasteiger partial charge on any atom is -0.397 e. The molecule has 0 unspecified atom stereocenters. The van der Waals surface area contributed by atoms with Crippen LogP contribution < -0.4 is 0 Å². The zero-order valence-corrected chi connectivity index (χ0v) is 6.65. The summed E-state index contributed by atoms with van der Waals surface area (Å²) in [5.41, 5.74) is 0.500. The first-order valence-corrected chi connectivity index (χ1v) is 3.02. The van der Waals surface area contributed by atoms with Gasteiger partial charge in [-0.2, -0.15) is 0 Å². The van der Waals surface area contributed by atoms with Gasteiger partial charge in [0.1, 0.15) is 0 Å². The summed E-state index contributed by atoms with van der Waals surface area (Å²) in [5, 5.41) is 7.57. The van der Waals surface area contributed by atoms with Crippen LogP contribution in [-0.2, 0) is 0 Å². The van der Waals surface area contributed by atoms with Gasteiger partial charge in [0.25, 0.3) is 0 Å². The van der Waals surface area contributed by atoms with Gasteiger partial charge in [-0.25, -0.2) is 0 Å². The Balaban J connectivity index is -0.0000000326. The number of hydrogen-bond acceptors (Lipinski definition) is 1. The normalized spacial score (nSPS) is 7.80. The zero-order valence-electron chi connectivity index (χ0n) is 6.65. The number of rotatable bonds is 0. The molecule has 0 saturated heterocycles. The minimum absolute atomic E-state index is 0. The summed E-state index contributed by atoms with van der Waals surface area (Å²) in [6, 6.07) is 0. The fourth-order valence-corrected chi connectivity index (χ4v) is 0. The molecule has 0 rings (SSSR count). The van der Waals surface area contributed by atoms with Crippen LogP contribution in [-0.4, -0.2) is 11.7 Å². The highest BCUT2D eigenvalue weighted by Crippen LogP contribution is 2.07. The van der Waals surface area contributed by atoms with Gasteiger partial charge in [-0.1, -0.05) is 42.5 Å². The van der Waals surface area contributed by atoms with Crippen LogP contribution in [0.5, 0.6) is 0 Å². The summed E-state index contributed by atoms with van der Waals surface area (Å²) in [4.78, 5) is 0. The van der Waals surface area contributed by atoms with E-state index in [0.29, 0.717) is 5.41 Å². The van der Waals surface area contributed by atoms with E-state index in [1.165, 1.54) is 0 Å². The minimum atomic E-state index is 0. The maximum Gasteiger partial charge on any atom is 0.0402 e. The maximum absolute atomic E-state index is 7.57. The highest BCUT2D eigenvalue weighted by atomic mass is 16.2. The fourth-order valence-electron chi connectivity index (χ4n) is 0. The number of aliphatic hydroxyl groups excluding tert-OH is 1. The number of aliphatic hydroxyl groups is 1. The third kappa shape index (κ3) is 241000. The van der Waals surface area contributed by atoms with Crippen LogP contribution >= 0.6 is 0 Å². The third-order valence-electron chi connectivity index (χ3n) is 0. The Morgan fingerprint density at radius 1 is 1.00 bits per heavy atom. The highest BCUT2D eigenvalue weighted by Gasteiger charge is 1.95. The summed E-state index contributed by atoms with van der Waals surface area (Å²) in [6.07, 6.45) is 0. The molecular formula is C9H26O. The van der Waals surface area contributed by atoms with Crippen molar-refractivity contribution < 1.29 is 5.11 Å². The first-order valence-electron chi connectivity index (χ1n) is 3.02. The lowest BCUT2D eigenvalue weighted by molar-refractivity contribution is 0.318. The largest absolute Gasteiger partial charge is 0.397 e. The Hall–Kier alpha value is -0.0400. The maximum atomic E-state index is 7.57. The van der Waals surface area contributed by atoms with E-state index in [0.717, 1.165) is 0 Å². The van der Waals surface area contributed by atoms with Crippen molar-refractivity contribution in [3.05, 3.63) is 0 Å². The van der Waals surface area contributed by atoms with Crippen LogP contribution in [0.3, 0.4) is 0 Å². The van der Waals surface area contributed by atoms with E-state index in [1.807, 2.05) is 0 Å². The Morgan fingerprint density at radius 2 is 1.00 bits per heavy atom. The molecule has 0 aliphatic carbocycles. The molecule has 10 heavy (non-hydrogen) atoms. The second-order valence-corrected chi connectivity index (χ2v) is 3.32. The van der Waals surface area contributed by atoms with Gasteiger partial charge in [0.2, 0.25) is 0 Å². The van der Waals surface area contributed by atoms with Crippen LogP contribution in [0.4, 0.5) is 0 Å². The van der Waals surface area contributed by atoms with E-state index < -0.39 is 0 Å². The molecule has 1 nitrogen and oxygen atoms in total. The van der Waals surface area contributed by atoms with Crippen molar-refractivity contribution >= 4 is 0 Å². The smallest absolute Gasteiger partial charge is 0.0402 e. The van der Waals surface area contributed by atoms with Crippen LogP contribution in [0, 0.1) is 5.41 Å². The highest BCUT2D eigenvalue weighted by molar-refractivity contribution is 4.47. The van der Waals surface area contributed by atoms with Crippen LogP contribution in [0.25, 0.3) is 0 Å². The van der Waals surface area contributed by atoms with Gasteiger partial charge >= 0.3 is 0 Å². The number of hydrogen-bond donors (Lipinski definition) is 1. The van der Waals surface area contributed by atoms with E-state index >= 15 is 0 Å². The molecule has 1 heteroatoms. The molecule has 0 fully saturated rings. The lowest BCUT2D eigenvalue weighted by Gasteiger charge is -2.05. The van der Waals surface area contributed by atoms with Gasteiger partial charge in [0, 0.05) is 6.61 Å². The van der Waals surface area contributed by atoms with Crippen LogP contribution in [0.15, 0.2) is 0 Å². The van der Waals surface area contributed by atoms with E-state index in [-0.39, 0.29) is 21.5 Å². The van der Waals surface area contributed by atoms with E-state index in [9.17, 15) is 0 Å². The molecule has 0 saturated carbocycles. The lowest BCUT2D eigenvalue weighted by atomic mass is 10.0. The van der Waals surface area contributed by atoms with E-state index in [2.05, 4.69) is 27.7 Å². The van der Waals surface area contributed by atoms with Crippen molar-refractivity contribution in [1.82, 2.24) is 0 Å². The van der Waals surface area contributed by atoms with Crippen molar-refractivity contribution in [2.45, 2.75) is 49.5 Å². The van der Waals surface area contributed by atoms with Gasteiger partial charge in [0.05, 0.1) is 0 Å². The second-order valence-electron chi connectivity index (χ2n) is 3.32. The quantitative estimate of drug-likeness (QED) is 0.561. The Morgan fingerprint density at radius 3 is 1.00 bits per heavy atom. The standard InChI is InChI=1S/C5H12.C2H6O.2CH4/c1-5(2,3)4;1-2-3;;/h1-4H3;3H,2H2,1H3;2*1H4. The van der Waals surface area contributed by atoms with Crippen molar-refractivity contribution in [2.75, 3.05) is 6.61 Å². The van der Waals surface area contributed by atoms with Gasteiger partial charge in [-0.15, -0.1) is 0 Å². The van der Waals surface area contributed by atoms with Crippen LogP contribution in [0.2, 0.25) is 0 Å². The van der Waals surface area contributed by atoms with Crippen LogP contribution in [0.1, 0.15) is 49.5 Å². The molecule has 0 amide bonds. The summed E-state index contributed by atoms with van der Waals surface area (Å²) < 4.78 is 0. The van der Waals surface area contributed by atoms with Gasteiger partial charge < -0.3 is 5.11 Å². The van der Waals surface area contributed by atoms with Gasteiger partial charge in [0.15, 0.2) is 0 Å². The zero-order chi connectivity index (χ0) is 7.21. The molecule has 0 aliphatic heterocycles. The molecule has 0 atom stereocenters. The average molecular weight is 150 g/mol. The summed E-state index contributed by atoms with van der Waals surface area (Å²) in [5.74, 6) is 0. The average Bonchev–Trinajstić information content (AvgIpc) is 1.27. The predicted molar refractivity (Wildman–Crippen MR) is 51.4 cm³/mol. The van der Waals surface area contributed by atoms with E-state index in [1.54, 1.807) is 6.92 Å². The first kappa shape index (κ1) is 22.5. The molecule has 1 N–H and O–H groups in total. The molecule has 0 aromatic heterocycles. The predicted octanol–water partition coefficient (Wildman–Crippen LogP) is 3.32. The van der Waals surface area contributed by atoms with Crippen molar-refractivity contribution in [1.29, 1.82) is 0 Å². The first-order chi connectivity index (χ1) is 3.41. The van der Waals surface area contributed by atoms with Gasteiger partial charge in [-0.3, -0.25) is 0 Å². The summed E-state index contributed by atoms with van der Waals surface area (Å²) in [7, 11) is 0. The molecule has 68 valence electrons. The molecule has 0 radical (unpaired) electrons. The Kier molecular flexibility index (Phi) is 26.4. The molecule has 0 spiro atoms. The SMILES string of the molecule is C.C.CC(C)(C)C.CCO. The van der Waals surface area contributed by atoms with Crippen molar-refractivity contribution in [3.63, 3.8) is 0 Å². The van der Waals surface area contributed by atoms with Crippen molar-refractivity contribution in [2.24, 2.45) is 5.41 Å². The third-order valence-corrected chi connectivity index (χ3v) is 0. The van der Waals surface area contributed by atoms with Crippen molar-refractivity contribution in [3.8, 4) is 0 Å². The Bertz CT molecular complexity index is 28.5. The molecule has 0 aliphatic rings. The topological polar surface area (TPSA) is 20.2 Å². The fraction of sp³-hybridized carbons (Fsp3) is 1.00. The summed E-state index contributed by atoms with van der Waals surface area (Å²) >= 11 is 0. The molecule has 0 aromatic rings. The van der Waals surface area contributed by atoms with E-state index in [4.69, 9.17) is 5.11 Å². The Labute approximate surface area is 67.5 Å². The molecule has 0 aromatic carbocycles. The lowest BCUT2D eigenvalue weighted by Crippen LogP contribution is -1.93. The second kappa shape index (κ2) is 11.7. The monoisotopic (exact) mass is 150 g/mol. The van der Waals surface area contributed by atoms with Gasteiger partial charge in [-0.05, 0) is 12.3 Å².